The van der Waals surface area contributed by atoms with Crippen LogP contribution in [0.1, 0.15) is 5.69 Å². The molecule has 3 heteroatoms. The van der Waals surface area contributed by atoms with Crippen molar-refractivity contribution < 1.29 is 0 Å². The fourth-order valence-corrected chi connectivity index (χ4v) is 1.48. The van der Waals surface area contributed by atoms with E-state index in [4.69, 9.17) is 5.73 Å². The molecule has 1 aromatic rings. The summed E-state index contributed by atoms with van der Waals surface area (Å²) in [6, 6.07) is 0. The molecular weight excluding hydrogens is 126 g/mol. The number of aromatic nitrogens is 2. The predicted octanol–water partition coefficient (Wildman–Crippen LogP) is 0.0141. The summed E-state index contributed by atoms with van der Waals surface area (Å²) in [6.45, 7) is 1.85. The van der Waals surface area contributed by atoms with E-state index in [1.54, 1.807) is 0 Å². The van der Waals surface area contributed by atoms with Crippen molar-refractivity contribution >= 4 is 0 Å². The van der Waals surface area contributed by atoms with Crippen molar-refractivity contribution in [2.24, 2.45) is 11.7 Å². The topological polar surface area (TPSA) is 43.8 Å². The van der Waals surface area contributed by atoms with Crippen LogP contribution >= 0.6 is 0 Å². The van der Waals surface area contributed by atoms with E-state index in [1.165, 1.54) is 5.69 Å². The molecule has 1 aliphatic heterocycles. The minimum atomic E-state index is 0.651. The van der Waals surface area contributed by atoms with Gasteiger partial charge in [0.2, 0.25) is 0 Å². The van der Waals surface area contributed by atoms with Crippen molar-refractivity contribution in [3.8, 4) is 0 Å². The molecule has 2 rings (SSSR count). The van der Waals surface area contributed by atoms with Crippen LogP contribution in [0, 0.1) is 5.92 Å². The zero-order valence-corrected chi connectivity index (χ0v) is 5.83. The number of hydrogen-bond donors (Lipinski definition) is 1. The molecule has 0 saturated carbocycles. The highest BCUT2D eigenvalue weighted by molar-refractivity contribution is 5.04. The van der Waals surface area contributed by atoms with Crippen molar-refractivity contribution in [1.29, 1.82) is 0 Å². The SMILES string of the molecule is NCC1Cc2cncn2C1. The van der Waals surface area contributed by atoms with Gasteiger partial charge in [0.1, 0.15) is 0 Å². The molecule has 0 aromatic carbocycles. The molecule has 2 N–H and O–H groups in total. The van der Waals surface area contributed by atoms with Crippen molar-refractivity contribution in [3.05, 3.63) is 18.2 Å². The van der Waals surface area contributed by atoms with Crippen LogP contribution in [0.2, 0.25) is 0 Å². The highest BCUT2D eigenvalue weighted by atomic mass is 15.1. The summed E-state index contributed by atoms with van der Waals surface area (Å²) >= 11 is 0. The molecule has 54 valence electrons. The molecule has 3 nitrogen and oxygen atoms in total. The van der Waals surface area contributed by atoms with Gasteiger partial charge in [-0.1, -0.05) is 0 Å². The van der Waals surface area contributed by atoms with E-state index < -0.39 is 0 Å². The zero-order chi connectivity index (χ0) is 6.97. The van der Waals surface area contributed by atoms with E-state index in [1.807, 2.05) is 12.5 Å². The Bertz CT molecular complexity index is 208. The molecule has 1 aliphatic rings. The minimum absolute atomic E-state index is 0.651. The summed E-state index contributed by atoms with van der Waals surface area (Å²) in [6.07, 6.45) is 4.91. The molecule has 1 unspecified atom stereocenters. The van der Waals surface area contributed by atoms with Crippen LogP contribution in [0.3, 0.4) is 0 Å². The Morgan fingerprint density at radius 3 is 3.40 bits per heavy atom. The van der Waals surface area contributed by atoms with Gasteiger partial charge in [-0.2, -0.15) is 0 Å². The van der Waals surface area contributed by atoms with Crippen LogP contribution in [-0.2, 0) is 13.0 Å². The summed E-state index contributed by atoms with van der Waals surface area (Å²) in [5.41, 5.74) is 6.87. The first kappa shape index (κ1) is 5.92. The number of hydrogen-bond acceptors (Lipinski definition) is 2. The van der Waals surface area contributed by atoms with E-state index in [2.05, 4.69) is 9.55 Å². The van der Waals surface area contributed by atoms with E-state index in [0.29, 0.717) is 5.92 Å². The third-order valence-corrected chi connectivity index (χ3v) is 2.08. The first-order valence-electron chi connectivity index (χ1n) is 3.59. The Hall–Kier alpha value is -0.830. The minimum Gasteiger partial charge on any atom is -0.334 e. The predicted molar refractivity (Wildman–Crippen MR) is 38.5 cm³/mol. The first-order chi connectivity index (χ1) is 4.90. The fourth-order valence-electron chi connectivity index (χ4n) is 1.48. The Morgan fingerprint density at radius 2 is 2.70 bits per heavy atom. The molecule has 0 spiro atoms. The van der Waals surface area contributed by atoms with Gasteiger partial charge in [-0.05, 0) is 18.9 Å². The Kier molecular flexibility index (Phi) is 1.24. The molecule has 10 heavy (non-hydrogen) atoms. The highest BCUT2D eigenvalue weighted by Crippen LogP contribution is 2.17. The van der Waals surface area contributed by atoms with Gasteiger partial charge in [-0.25, -0.2) is 4.98 Å². The second-order valence-corrected chi connectivity index (χ2v) is 2.84. The summed E-state index contributed by atoms with van der Waals surface area (Å²) in [5.74, 6) is 0.651. The molecule has 0 amide bonds. The average Bonchev–Trinajstić information content (AvgIpc) is 2.42. The smallest absolute Gasteiger partial charge is 0.0948 e. The maximum absolute atomic E-state index is 5.54. The normalized spacial score (nSPS) is 23.1. The maximum atomic E-state index is 5.54. The molecule has 2 heterocycles. The highest BCUT2D eigenvalue weighted by Gasteiger charge is 2.18. The largest absolute Gasteiger partial charge is 0.334 e. The Labute approximate surface area is 59.9 Å². The molecular formula is C7H11N3. The van der Waals surface area contributed by atoms with Crippen molar-refractivity contribution in [1.82, 2.24) is 9.55 Å². The Morgan fingerprint density at radius 1 is 1.80 bits per heavy atom. The number of nitrogens with zero attached hydrogens (tertiary/aromatic N) is 2. The van der Waals surface area contributed by atoms with E-state index >= 15 is 0 Å². The lowest BCUT2D eigenvalue weighted by Crippen LogP contribution is -2.15. The van der Waals surface area contributed by atoms with E-state index in [-0.39, 0.29) is 0 Å². The van der Waals surface area contributed by atoms with Crippen LogP contribution in [0.15, 0.2) is 12.5 Å². The fraction of sp³-hybridized carbons (Fsp3) is 0.571. The third kappa shape index (κ3) is 0.743. The van der Waals surface area contributed by atoms with Crippen LogP contribution < -0.4 is 5.73 Å². The molecule has 0 radical (unpaired) electrons. The van der Waals surface area contributed by atoms with Gasteiger partial charge >= 0.3 is 0 Å². The summed E-state index contributed by atoms with van der Waals surface area (Å²) in [5, 5.41) is 0. The summed E-state index contributed by atoms with van der Waals surface area (Å²) < 4.78 is 2.18. The van der Waals surface area contributed by atoms with E-state index in [0.717, 1.165) is 19.5 Å². The van der Waals surface area contributed by atoms with Gasteiger partial charge in [0.25, 0.3) is 0 Å². The number of rotatable bonds is 1. The third-order valence-electron chi connectivity index (χ3n) is 2.08. The second-order valence-electron chi connectivity index (χ2n) is 2.84. The van der Waals surface area contributed by atoms with Crippen molar-refractivity contribution in [2.45, 2.75) is 13.0 Å². The van der Waals surface area contributed by atoms with Gasteiger partial charge in [0.05, 0.1) is 6.33 Å². The van der Waals surface area contributed by atoms with Crippen LogP contribution in [0.4, 0.5) is 0 Å². The molecule has 1 atom stereocenters. The van der Waals surface area contributed by atoms with Gasteiger partial charge in [0.15, 0.2) is 0 Å². The lowest BCUT2D eigenvalue weighted by Gasteiger charge is -2.01. The Balaban J connectivity index is 2.21. The van der Waals surface area contributed by atoms with Crippen molar-refractivity contribution in [3.63, 3.8) is 0 Å². The number of nitrogens with two attached hydrogens (primary N) is 1. The first-order valence-corrected chi connectivity index (χ1v) is 3.59. The van der Waals surface area contributed by atoms with Gasteiger partial charge in [-0.15, -0.1) is 0 Å². The molecule has 0 aliphatic carbocycles. The second kappa shape index (κ2) is 2.09. The van der Waals surface area contributed by atoms with Crippen LogP contribution in [0.5, 0.6) is 0 Å². The number of fused-ring (bicyclic) bond motifs is 1. The average molecular weight is 137 g/mol. The molecule has 1 aromatic heterocycles. The lowest BCUT2D eigenvalue weighted by atomic mass is 10.1. The van der Waals surface area contributed by atoms with E-state index in [9.17, 15) is 0 Å². The maximum Gasteiger partial charge on any atom is 0.0948 e. The quantitative estimate of drug-likeness (QED) is 0.592. The van der Waals surface area contributed by atoms with Gasteiger partial charge in [-0.3, -0.25) is 0 Å². The van der Waals surface area contributed by atoms with Crippen LogP contribution in [0.25, 0.3) is 0 Å². The van der Waals surface area contributed by atoms with Crippen molar-refractivity contribution in [2.75, 3.05) is 6.54 Å². The molecule has 0 saturated heterocycles. The summed E-state index contributed by atoms with van der Waals surface area (Å²) in [7, 11) is 0. The summed E-state index contributed by atoms with van der Waals surface area (Å²) in [4.78, 5) is 4.03. The molecule has 0 fully saturated rings. The standard InChI is InChI=1S/C7H11N3/c8-2-6-1-7-3-9-5-10(7)4-6/h3,5-6H,1-2,4,8H2. The lowest BCUT2D eigenvalue weighted by molar-refractivity contribution is 0.522. The van der Waals surface area contributed by atoms with Gasteiger partial charge < -0.3 is 10.3 Å². The number of imidazole rings is 1. The zero-order valence-electron chi connectivity index (χ0n) is 5.83. The molecule has 0 bridgehead atoms. The monoisotopic (exact) mass is 137 g/mol. The van der Waals surface area contributed by atoms with Crippen LogP contribution in [-0.4, -0.2) is 16.1 Å². The van der Waals surface area contributed by atoms with Gasteiger partial charge in [0, 0.05) is 18.4 Å².